The maximum absolute atomic E-state index is 12.1. The molecule has 0 radical (unpaired) electrons. The minimum Gasteiger partial charge on any atom is -0.391 e. The predicted octanol–water partition coefficient (Wildman–Crippen LogP) is 1.79. The molecule has 2 aromatic heterocycles. The normalized spacial score (nSPS) is 11.9. The van der Waals surface area contributed by atoms with Gasteiger partial charge in [-0.05, 0) is 25.5 Å². The topological polar surface area (TPSA) is 79.3 Å². The first-order valence-electron chi connectivity index (χ1n) is 5.53. The van der Waals surface area contributed by atoms with Crippen molar-refractivity contribution >= 4 is 32.7 Å². The molecule has 0 bridgehead atoms. The maximum atomic E-state index is 12.1. The molecule has 0 amide bonds. The fraction of sp³-hybridized carbons (Fsp3) is 0.364. The van der Waals surface area contributed by atoms with E-state index in [0.29, 0.717) is 4.88 Å². The van der Waals surface area contributed by atoms with Crippen molar-refractivity contribution in [3.05, 3.63) is 32.6 Å². The summed E-state index contributed by atoms with van der Waals surface area (Å²) < 4.78 is 27.0. The smallest absolute Gasteiger partial charge is 0.250 e. The van der Waals surface area contributed by atoms with Gasteiger partial charge in [0, 0.05) is 16.3 Å². The van der Waals surface area contributed by atoms with E-state index in [4.69, 9.17) is 5.11 Å². The van der Waals surface area contributed by atoms with Crippen LogP contribution in [0.5, 0.6) is 0 Å². The van der Waals surface area contributed by atoms with Crippen molar-refractivity contribution in [2.75, 3.05) is 0 Å². The summed E-state index contributed by atoms with van der Waals surface area (Å²) in [5.41, 5.74) is 3.32. The van der Waals surface area contributed by atoms with Gasteiger partial charge >= 0.3 is 0 Å². The van der Waals surface area contributed by atoms with E-state index >= 15 is 0 Å². The Balaban J connectivity index is 2.16. The number of hydrogen-bond acceptors (Lipinski definition) is 6. The van der Waals surface area contributed by atoms with E-state index in [1.807, 2.05) is 6.92 Å². The molecule has 0 aromatic carbocycles. The number of thiophene rings is 1. The molecule has 0 aliphatic heterocycles. The number of aliphatic hydroxyl groups is 1. The zero-order valence-corrected chi connectivity index (χ0v) is 13.0. The van der Waals surface area contributed by atoms with Gasteiger partial charge in [0.1, 0.15) is 4.21 Å². The maximum Gasteiger partial charge on any atom is 0.250 e. The SMILES string of the molecule is Cc1cc(S(=O)(=O)NCc2scnc2C)sc1CO. The fourth-order valence-corrected chi connectivity index (χ4v) is 4.80. The van der Waals surface area contributed by atoms with Crippen LogP contribution >= 0.6 is 22.7 Å². The summed E-state index contributed by atoms with van der Waals surface area (Å²) in [4.78, 5) is 5.65. The zero-order chi connectivity index (χ0) is 14.0. The first-order valence-corrected chi connectivity index (χ1v) is 8.71. The van der Waals surface area contributed by atoms with Crippen LogP contribution in [0.25, 0.3) is 0 Å². The highest BCUT2D eigenvalue weighted by Crippen LogP contribution is 2.26. The van der Waals surface area contributed by atoms with E-state index in [1.165, 1.54) is 11.3 Å². The standard InChI is InChI=1S/C11H14N2O3S3/c1-7-3-11(18-10(7)5-14)19(15,16)13-4-9-8(2)12-6-17-9/h3,6,13-14H,4-5H2,1-2H3. The summed E-state index contributed by atoms with van der Waals surface area (Å²) in [7, 11) is -3.53. The molecular weight excluding hydrogens is 304 g/mol. The Morgan fingerprint density at radius 2 is 2.11 bits per heavy atom. The molecule has 2 rings (SSSR count). The third kappa shape index (κ3) is 3.21. The van der Waals surface area contributed by atoms with Crippen LogP contribution in [-0.2, 0) is 23.2 Å². The molecule has 0 saturated heterocycles. The highest BCUT2D eigenvalue weighted by molar-refractivity contribution is 7.91. The molecule has 0 spiro atoms. The van der Waals surface area contributed by atoms with Gasteiger partial charge in [-0.1, -0.05) is 0 Å². The van der Waals surface area contributed by atoms with Gasteiger partial charge in [0.05, 0.1) is 17.8 Å². The van der Waals surface area contributed by atoms with E-state index in [1.54, 1.807) is 18.5 Å². The number of aryl methyl sites for hydroxylation is 2. The van der Waals surface area contributed by atoms with Crippen LogP contribution in [0.2, 0.25) is 0 Å². The Labute approximate surface area is 120 Å². The number of rotatable bonds is 5. The molecule has 5 nitrogen and oxygen atoms in total. The second-order valence-electron chi connectivity index (χ2n) is 4.02. The van der Waals surface area contributed by atoms with Crippen LogP contribution in [0.15, 0.2) is 15.8 Å². The second kappa shape index (κ2) is 5.68. The lowest BCUT2D eigenvalue weighted by Crippen LogP contribution is -2.22. The first-order chi connectivity index (χ1) is 8.94. The van der Waals surface area contributed by atoms with Crippen molar-refractivity contribution in [2.45, 2.75) is 31.2 Å². The molecule has 0 fully saturated rings. The number of nitrogens with zero attached hydrogens (tertiary/aromatic N) is 1. The Morgan fingerprint density at radius 3 is 2.63 bits per heavy atom. The van der Waals surface area contributed by atoms with Crippen molar-refractivity contribution in [3.8, 4) is 0 Å². The molecular formula is C11H14N2O3S3. The van der Waals surface area contributed by atoms with Crippen LogP contribution in [0.3, 0.4) is 0 Å². The first kappa shape index (κ1) is 14.6. The van der Waals surface area contributed by atoms with Crippen LogP contribution in [0.1, 0.15) is 21.0 Å². The Kier molecular flexibility index (Phi) is 4.36. The minimum absolute atomic E-state index is 0.139. The predicted molar refractivity (Wildman–Crippen MR) is 75.9 cm³/mol. The lowest BCUT2D eigenvalue weighted by molar-refractivity contribution is 0.285. The molecule has 0 atom stereocenters. The number of aromatic nitrogens is 1. The second-order valence-corrected chi connectivity index (χ2v) is 8.09. The van der Waals surface area contributed by atoms with Crippen LogP contribution in [0, 0.1) is 13.8 Å². The Morgan fingerprint density at radius 1 is 1.37 bits per heavy atom. The summed E-state index contributed by atoms with van der Waals surface area (Å²) in [6.07, 6.45) is 0. The number of thiazole rings is 1. The van der Waals surface area contributed by atoms with Gasteiger partial charge in [0.2, 0.25) is 10.0 Å². The van der Waals surface area contributed by atoms with Gasteiger partial charge < -0.3 is 5.11 Å². The highest BCUT2D eigenvalue weighted by atomic mass is 32.2. The monoisotopic (exact) mass is 318 g/mol. The van der Waals surface area contributed by atoms with Crippen molar-refractivity contribution in [3.63, 3.8) is 0 Å². The Hall–Kier alpha value is -0.800. The van der Waals surface area contributed by atoms with Gasteiger partial charge in [0.15, 0.2) is 0 Å². The van der Waals surface area contributed by atoms with Crippen LogP contribution in [0.4, 0.5) is 0 Å². The van der Waals surface area contributed by atoms with Gasteiger partial charge in [-0.2, -0.15) is 0 Å². The van der Waals surface area contributed by atoms with E-state index in [-0.39, 0.29) is 17.4 Å². The lowest BCUT2D eigenvalue weighted by atomic mass is 10.3. The van der Waals surface area contributed by atoms with Crippen molar-refractivity contribution in [1.82, 2.24) is 9.71 Å². The molecule has 0 saturated carbocycles. The van der Waals surface area contributed by atoms with Gasteiger partial charge in [-0.15, -0.1) is 22.7 Å². The van der Waals surface area contributed by atoms with Gasteiger partial charge in [0.25, 0.3) is 0 Å². The molecule has 19 heavy (non-hydrogen) atoms. The molecule has 104 valence electrons. The number of hydrogen-bond donors (Lipinski definition) is 2. The number of nitrogens with one attached hydrogen (secondary N) is 1. The zero-order valence-electron chi connectivity index (χ0n) is 10.5. The highest BCUT2D eigenvalue weighted by Gasteiger charge is 2.19. The summed E-state index contributed by atoms with van der Waals surface area (Å²) in [6, 6.07) is 1.58. The summed E-state index contributed by atoms with van der Waals surface area (Å²) in [5.74, 6) is 0. The molecule has 0 aliphatic carbocycles. The van der Waals surface area contributed by atoms with E-state index < -0.39 is 10.0 Å². The molecule has 2 heterocycles. The molecule has 2 aromatic rings. The number of sulfonamides is 1. The average molecular weight is 318 g/mol. The lowest BCUT2D eigenvalue weighted by Gasteiger charge is -2.03. The molecule has 0 aliphatic rings. The van der Waals surface area contributed by atoms with Crippen molar-refractivity contribution < 1.29 is 13.5 Å². The minimum atomic E-state index is -3.53. The van der Waals surface area contributed by atoms with E-state index in [0.717, 1.165) is 27.5 Å². The Bertz CT molecular complexity index is 673. The molecule has 8 heteroatoms. The van der Waals surface area contributed by atoms with Crippen LogP contribution in [-0.4, -0.2) is 18.5 Å². The largest absolute Gasteiger partial charge is 0.391 e. The quantitative estimate of drug-likeness (QED) is 0.881. The summed E-state index contributed by atoms with van der Waals surface area (Å²) in [6.45, 7) is 3.73. The van der Waals surface area contributed by atoms with Gasteiger partial charge in [-0.3, -0.25) is 0 Å². The molecule has 2 N–H and O–H groups in total. The van der Waals surface area contributed by atoms with E-state index in [2.05, 4.69) is 9.71 Å². The van der Waals surface area contributed by atoms with Crippen molar-refractivity contribution in [1.29, 1.82) is 0 Å². The third-order valence-electron chi connectivity index (χ3n) is 2.67. The van der Waals surface area contributed by atoms with Crippen LogP contribution < -0.4 is 4.72 Å². The summed E-state index contributed by atoms with van der Waals surface area (Å²) >= 11 is 2.52. The fourth-order valence-electron chi connectivity index (χ4n) is 1.51. The number of aliphatic hydroxyl groups excluding tert-OH is 1. The summed E-state index contributed by atoms with van der Waals surface area (Å²) in [5, 5.41) is 9.10. The van der Waals surface area contributed by atoms with Crippen molar-refractivity contribution in [2.24, 2.45) is 0 Å². The molecule has 0 unspecified atom stereocenters. The third-order valence-corrected chi connectivity index (χ3v) is 6.71. The van der Waals surface area contributed by atoms with Gasteiger partial charge in [-0.25, -0.2) is 18.1 Å². The van der Waals surface area contributed by atoms with E-state index in [9.17, 15) is 8.42 Å². The average Bonchev–Trinajstić information content (AvgIpc) is 2.93.